The van der Waals surface area contributed by atoms with E-state index in [0.29, 0.717) is 5.15 Å². The molecule has 0 aliphatic heterocycles. The molecule has 0 unspecified atom stereocenters. The molecule has 0 atom stereocenters. The van der Waals surface area contributed by atoms with E-state index in [-0.39, 0.29) is 0 Å². The van der Waals surface area contributed by atoms with Crippen molar-refractivity contribution in [3.63, 3.8) is 0 Å². The number of hydrogen-bond acceptors (Lipinski definition) is 2. The lowest BCUT2D eigenvalue weighted by Gasteiger charge is -2.05. The molecule has 21 heavy (non-hydrogen) atoms. The molecule has 1 N–H and O–H groups in total. The lowest BCUT2D eigenvalue weighted by Crippen LogP contribution is -1.90. The highest BCUT2D eigenvalue weighted by Gasteiger charge is 2.13. The smallest absolute Gasteiger partial charge is 0.154 e. The summed E-state index contributed by atoms with van der Waals surface area (Å²) >= 11 is 7.99. The number of H-pyrrole nitrogens is 1. The third kappa shape index (κ3) is 3.14. The number of rotatable bonds is 4. The number of aromatic nitrogens is 2. The van der Waals surface area contributed by atoms with Gasteiger partial charge in [-0.2, -0.15) is 5.10 Å². The first kappa shape index (κ1) is 14.2. The summed E-state index contributed by atoms with van der Waals surface area (Å²) in [6.45, 7) is 0. The quantitative estimate of drug-likeness (QED) is 0.683. The van der Waals surface area contributed by atoms with Crippen LogP contribution in [0.15, 0.2) is 59.5 Å². The van der Waals surface area contributed by atoms with Gasteiger partial charge in [-0.05, 0) is 29.5 Å². The monoisotopic (exact) mass is 314 g/mol. The second-order valence-electron chi connectivity index (χ2n) is 4.76. The summed E-state index contributed by atoms with van der Waals surface area (Å²) in [4.78, 5) is 1.24. The molecule has 3 rings (SSSR count). The highest BCUT2D eigenvalue weighted by molar-refractivity contribution is 7.98. The molecule has 1 heterocycles. The van der Waals surface area contributed by atoms with Crippen molar-refractivity contribution in [2.24, 2.45) is 0 Å². The first-order chi connectivity index (χ1) is 10.3. The topological polar surface area (TPSA) is 28.7 Å². The van der Waals surface area contributed by atoms with E-state index in [1.807, 2.05) is 18.2 Å². The summed E-state index contributed by atoms with van der Waals surface area (Å²) in [5, 5.41) is 7.77. The van der Waals surface area contributed by atoms with Crippen molar-refractivity contribution in [1.29, 1.82) is 0 Å². The third-order valence-electron chi connectivity index (χ3n) is 3.42. The van der Waals surface area contributed by atoms with E-state index < -0.39 is 0 Å². The van der Waals surface area contributed by atoms with E-state index in [1.54, 1.807) is 11.8 Å². The molecule has 0 aliphatic rings. The Morgan fingerprint density at radius 1 is 1.05 bits per heavy atom. The molecule has 0 fully saturated rings. The maximum absolute atomic E-state index is 6.26. The Labute approximate surface area is 133 Å². The van der Waals surface area contributed by atoms with Crippen LogP contribution in [0.2, 0.25) is 5.15 Å². The van der Waals surface area contributed by atoms with Gasteiger partial charge in [-0.25, -0.2) is 0 Å². The second kappa shape index (κ2) is 6.37. The Balaban J connectivity index is 1.96. The predicted octanol–water partition coefficient (Wildman–Crippen LogP) is 5.04. The molecule has 0 radical (unpaired) electrons. The van der Waals surface area contributed by atoms with Gasteiger partial charge in [-0.15, -0.1) is 11.8 Å². The van der Waals surface area contributed by atoms with Gasteiger partial charge in [0.25, 0.3) is 0 Å². The molecule has 0 spiro atoms. The van der Waals surface area contributed by atoms with Crippen molar-refractivity contribution in [1.82, 2.24) is 10.2 Å². The standard InChI is InChI=1S/C17H15ClN2S/c1-21-14-9-7-13(8-10-14)16-15(17(18)20-19-16)11-12-5-3-2-4-6-12/h2-10H,11H2,1H3,(H,19,20). The zero-order chi connectivity index (χ0) is 14.7. The third-order valence-corrected chi connectivity index (χ3v) is 4.48. The second-order valence-corrected chi connectivity index (χ2v) is 6.00. The van der Waals surface area contributed by atoms with Crippen LogP contribution in [-0.2, 0) is 6.42 Å². The fourth-order valence-electron chi connectivity index (χ4n) is 2.30. The van der Waals surface area contributed by atoms with Gasteiger partial charge < -0.3 is 0 Å². The van der Waals surface area contributed by atoms with Crippen LogP contribution in [0.3, 0.4) is 0 Å². The van der Waals surface area contributed by atoms with Gasteiger partial charge in [-0.3, -0.25) is 5.10 Å². The van der Waals surface area contributed by atoms with Crippen LogP contribution in [0.4, 0.5) is 0 Å². The van der Waals surface area contributed by atoms with Crippen LogP contribution < -0.4 is 0 Å². The van der Waals surface area contributed by atoms with Crippen molar-refractivity contribution in [2.75, 3.05) is 6.26 Å². The first-order valence-electron chi connectivity index (χ1n) is 6.69. The molecular formula is C17H15ClN2S. The van der Waals surface area contributed by atoms with Gasteiger partial charge in [0.1, 0.15) is 0 Å². The fraction of sp³-hybridized carbons (Fsp3) is 0.118. The Morgan fingerprint density at radius 2 is 1.76 bits per heavy atom. The summed E-state index contributed by atoms with van der Waals surface area (Å²) in [7, 11) is 0. The number of hydrogen-bond donors (Lipinski definition) is 1. The summed E-state index contributed by atoms with van der Waals surface area (Å²) in [5.74, 6) is 0. The Kier molecular flexibility index (Phi) is 4.32. The highest BCUT2D eigenvalue weighted by atomic mass is 35.5. The van der Waals surface area contributed by atoms with Gasteiger partial charge in [0.05, 0.1) is 5.69 Å². The van der Waals surface area contributed by atoms with Crippen LogP contribution in [0, 0.1) is 0 Å². The molecule has 4 heteroatoms. The van der Waals surface area contributed by atoms with E-state index in [1.165, 1.54) is 10.5 Å². The van der Waals surface area contributed by atoms with Gasteiger partial charge >= 0.3 is 0 Å². The van der Waals surface area contributed by atoms with E-state index in [2.05, 4.69) is 52.9 Å². The minimum Gasteiger partial charge on any atom is -0.276 e. The zero-order valence-corrected chi connectivity index (χ0v) is 13.2. The SMILES string of the molecule is CSc1ccc(-c2[nH]nc(Cl)c2Cc2ccccc2)cc1. The van der Waals surface area contributed by atoms with Crippen LogP contribution in [0.25, 0.3) is 11.3 Å². The molecule has 0 saturated carbocycles. The minimum absolute atomic E-state index is 0.544. The Morgan fingerprint density at radius 3 is 2.43 bits per heavy atom. The van der Waals surface area contributed by atoms with E-state index in [4.69, 9.17) is 11.6 Å². The highest BCUT2D eigenvalue weighted by Crippen LogP contribution is 2.30. The van der Waals surface area contributed by atoms with Gasteiger partial charge in [0.15, 0.2) is 5.15 Å². The molecule has 0 saturated heterocycles. The Bertz CT molecular complexity index is 720. The number of nitrogens with one attached hydrogen (secondary N) is 1. The molecule has 2 nitrogen and oxygen atoms in total. The molecule has 3 aromatic rings. The molecule has 106 valence electrons. The maximum atomic E-state index is 6.26. The number of aromatic amines is 1. The summed E-state index contributed by atoms with van der Waals surface area (Å²) < 4.78 is 0. The van der Waals surface area contributed by atoms with Crippen LogP contribution in [0.1, 0.15) is 11.1 Å². The minimum atomic E-state index is 0.544. The van der Waals surface area contributed by atoms with Gasteiger partial charge in [-0.1, -0.05) is 54.1 Å². The lowest BCUT2D eigenvalue weighted by molar-refractivity contribution is 1.09. The summed E-state index contributed by atoms with van der Waals surface area (Å²) in [5.41, 5.74) is 4.37. The fourth-order valence-corrected chi connectivity index (χ4v) is 2.91. The number of nitrogens with zero attached hydrogens (tertiary/aromatic N) is 1. The summed E-state index contributed by atoms with van der Waals surface area (Å²) in [6, 6.07) is 18.7. The number of halogens is 1. The molecular weight excluding hydrogens is 300 g/mol. The molecule has 0 bridgehead atoms. The lowest BCUT2D eigenvalue weighted by atomic mass is 10.0. The summed E-state index contributed by atoms with van der Waals surface area (Å²) in [6.07, 6.45) is 2.85. The molecule has 2 aromatic carbocycles. The first-order valence-corrected chi connectivity index (χ1v) is 8.29. The maximum Gasteiger partial charge on any atom is 0.154 e. The average Bonchev–Trinajstić information content (AvgIpc) is 2.90. The largest absolute Gasteiger partial charge is 0.276 e. The predicted molar refractivity (Wildman–Crippen MR) is 90.1 cm³/mol. The average molecular weight is 315 g/mol. The van der Waals surface area contributed by atoms with Crippen molar-refractivity contribution < 1.29 is 0 Å². The van der Waals surface area contributed by atoms with Crippen molar-refractivity contribution >= 4 is 23.4 Å². The Hall–Kier alpha value is -1.71. The van der Waals surface area contributed by atoms with Crippen LogP contribution in [-0.4, -0.2) is 16.5 Å². The van der Waals surface area contributed by atoms with Crippen molar-refractivity contribution in [2.45, 2.75) is 11.3 Å². The van der Waals surface area contributed by atoms with E-state index >= 15 is 0 Å². The van der Waals surface area contributed by atoms with Crippen LogP contribution >= 0.6 is 23.4 Å². The molecule has 1 aromatic heterocycles. The number of benzene rings is 2. The molecule has 0 amide bonds. The van der Waals surface area contributed by atoms with E-state index in [9.17, 15) is 0 Å². The van der Waals surface area contributed by atoms with Gasteiger partial charge in [0, 0.05) is 16.9 Å². The van der Waals surface area contributed by atoms with Crippen molar-refractivity contribution in [3.05, 3.63) is 70.9 Å². The number of thioether (sulfide) groups is 1. The van der Waals surface area contributed by atoms with E-state index in [0.717, 1.165) is 23.2 Å². The zero-order valence-electron chi connectivity index (χ0n) is 11.6. The normalized spacial score (nSPS) is 10.8. The van der Waals surface area contributed by atoms with Crippen LogP contribution in [0.5, 0.6) is 0 Å². The molecule has 0 aliphatic carbocycles. The van der Waals surface area contributed by atoms with Gasteiger partial charge in [0.2, 0.25) is 0 Å². The van der Waals surface area contributed by atoms with Crippen molar-refractivity contribution in [3.8, 4) is 11.3 Å².